The molecule has 3 nitrogen and oxygen atoms in total. The Morgan fingerprint density at radius 2 is 2.05 bits per heavy atom. The topological polar surface area (TPSA) is 40.5 Å². The number of aliphatic hydroxyl groups is 1. The van der Waals surface area contributed by atoms with Gasteiger partial charge in [-0.05, 0) is 36.8 Å². The van der Waals surface area contributed by atoms with Crippen molar-refractivity contribution in [2.75, 3.05) is 19.7 Å². The van der Waals surface area contributed by atoms with E-state index in [0.717, 1.165) is 32.4 Å². The molecule has 2 aliphatic heterocycles. The van der Waals surface area contributed by atoms with Gasteiger partial charge in [-0.15, -0.1) is 11.8 Å². The van der Waals surface area contributed by atoms with Crippen molar-refractivity contribution < 1.29 is 9.90 Å². The van der Waals surface area contributed by atoms with E-state index in [0.29, 0.717) is 5.92 Å². The lowest BCUT2D eigenvalue weighted by Crippen LogP contribution is -2.43. The van der Waals surface area contributed by atoms with E-state index >= 15 is 0 Å². The maximum Gasteiger partial charge on any atom is 0.236 e. The molecule has 3 rings (SSSR count). The third-order valence-electron chi connectivity index (χ3n) is 4.11. The predicted molar refractivity (Wildman–Crippen MR) is 76.2 cm³/mol. The fourth-order valence-electron chi connectivity index (χ4n) is 2.86. The number of carbonyl (C=O) groups excluding carboxylic acids is 1. The van der Waals surface area contributed by atoms with Gasteiger partial charge in [-0.1, -0.05) is 18.2 Å². The number of thioether (sulfide) groups is 1. The van der Waals surface area contributed by atoms with E-state index in [1.807, 2.05) is 17.0 Å². The molecule has 1 unspecified atom stereocenters. The van der Waals surface area contributed by atoms with Crippen LogP contribution in [0.1, 0.15) is 18.4 Å². The van der Waals surface area contributed by atoms with Crippen LogP contribution in [0.15, 0.2) is 29.2 Å². The molecule has 0 saturated carbocycles. The number of likely N-dealkylation sites (tertiary alicyclic amines) is 1. The minimum absolute atomic E-state index is 0.0584. The number of hydrogen-bond donors (Lipinski definition) is 1. The summed E-state index contributed by atoms with van der Waals surface area (Å²) in [5, 5.41) is 9.20. The molecule has 102 valence electrons. The Bertz CT molecular complexity index is 444. The zero-order valence-electron chi connectivity index (χ0n) is 10.9. The van der Waals surface area contributed by atoms with Gasteiger partial charge in [-0.2, -0.15) is 0 Å². The van der Waals surface area contributed by atoms with Crippen molar-refractivity contribution in [3.63, 3.8) is 0 Å². The van der Waals surface area contributed by atoms with E-state index in [-0.39, 0.29) is 17.8 Å². The molecule has 1 amide bonds. The average molecular weight is 277 g/mol. The Labute approximate surface area is 118 Å². The highest BCUT2D eigenvalue weighted by atomic mass is 32.2. The van der Waals surface area contributed by atoms with E-state index in [2.05, 4.69) is 12.1 Å². The molecule has 1 atom stereocenters. The van der Waals surface area contributed by atoms with E-state index < -0.39 is 0 Å². The number of hydrogen-bond acceptors (Lipinski definition) is 3. The molecule has 0 bridgehead atoms. The molecule has 2 heterocycles. The van der Waals surface area contributed by atoms with Gasteiger partial charge in [0.2, 0.25) is 5.91 Å². The first-order valence-corrected chi connectivity index (χ1v) is 7.80. The molecule has 1 aromatic rings. The minimum atomic E-state index is 0.0584. The first-order chi connectivity index (χ1) is 9.28. The molecule has 4 heteroatoms. The summed E-state index contributed by atoms with van der Waals surface area (Å²) in [6.45, 7) is 1.86. The molecule has 0 aliphatic carbocycles. The molecule has 2 aliphatic rings. The third-order valence-corrected chi connectivity index (χ3v) is 5.41. The second-order valence-electron chi connectivity index (χ2n) is 5.37. The van der Waals surface area contributed by atoms with Crippen LogP contribution in [0, 0.1) is 5.92 Å². The zero-order valence-corrected chi connectivity index (χ0v) is 11.7. The van der Waals surface area contributed by atoms with Crippen LogP contribution in [0.25, 0.3) is 0 Å². The first-order valence-electron chi connectivity index (χ1n) is 6.92. The van der Waals surface area contributed by atoms with Gasteiger partial charge in [0.1, 0.15) is 0 Å². The fraction of sp³-hybridized carbons (Fsp3) is 0.533. The Morgan fingerprint density at radius 3 is 2.74 bits per heavy atom. The zero-order chi connectivity index (χ0) is 13.2. The van der Waals surface area contributed by atoms with Gasteiger partial charge in [-0.3, -0.25) is 4.79 Å². The molecule has 1 fully saturated rings. The maximum atomic E-state index is 12.5. The molecule has 0 radical (unpaired) electrons. The van der Waals surface area contributed by atoms with Gasteiger partial charge in [0.15, 0.2) is 0 Å². The van der Waals surface area contributed by atoms with Crippen LogP contribution in [0.3, 0.4) is 0 Å². The number of nitrogens with zero attached hydrogens (tertiary/aromatic N) is 1. The molecule has 19 heavy (non-hydrogen) atoms. The van der Waals surface area contributed by atoms with E-state index in [9.17, 15) is 4.79 Å². The molecule has 0 aromatic heterocycles. The van der Waals surface area contributed by atoms with E-state index in [1.54, 1.807) is 11.8 Å². The van der Waals surface area contributed by atoms with Gasteiger partial charge in [-0.25, -0.2) is 0 Å². The Balaban J connectivity index is 1.61. The van der Waals surface area contributed by atoms with Crippen molar-refractivity contribution in [1.82, 2.24) is 4.90 Å². The summed E-state index contributed by atoms with van der Waals surface area (Å²) in [4.78, 5) is 15.7. The van der Waals surface area contributed by atoms with Crippen molar-refractivity contribution in [1.29, 1.82) is 0 Å². The second kappa shape index (κ2) is 5.55. The lowest BCUT2D eigenvalue weighted by Gasteiger charge is -2.32. The molecule has 1 aromatic carbocycles. The van der Waals surface area contributed by atoms with Gasteiger partial charge < -0.3 is 10.0 Å². The highest BCUT2D eigenvalue weighted by Crippen LogP contribution is 2.38. The standard InChI is InChI=1S/C15H19NO2S/c17-10-11-5-7-16(8-6-11)15(18)14-9-12-3-1-2-4-13(12)19-14/h1-4,11,14,17H,5-10H2. The SMILES string of the molecule is O=C(C1Cc2ccccc2S1)N1CCC(CO)CC1. The highest BCUT2D eigenvalue weighted by Gasteiger charge is 2.32. The fourth-order valence-corrected chi connectivity index (χ4v) is 4.14. The van der Waals surface area contributed by atoms with Crippen molar-refractivity contribution in [3.8, 4) is 0 Å². The number of rotatable bonds is 2. The summed E-state index contributed by atoms with van der Waals surface area (Å²) in [5.74, 6) is 0.662. The highest BCUT2D eigenvalue weighted by molar-refractivity contribution is 8.01. The minimum Gasteiger partial charge on any atom is -0.396 e. The average Bonchev–Trinajstić information content (AvgIpc) is 2.90. The smallest absolute Gasteiger partial charge is 0.236 e. The van der Waals surface area contributed by atoms with Gasteiger partial charge in [0, 0.05) is 24.6 Å². The summed E-state index contributed by atoms with van der Waals surface area (Å²) >= 11 is 1.70. The normalized spacial score (nSPS) is 23.4. The van der Waals surface area contributed by atoms with Crippen molar-refractivity contribution in [3.05, 3.63) is 29.8 Å². The molecule has 0 spiro atoms. The number of fused-ring (bicyclic) bond motifs is 1. The molecule has 1 saturated heterocycles. The van der Waals surface area contributed by atoms with Crippen LogP contribution < -0.4 is 0 Å². The van der Waals surface area contributed by atoms with Gasteiger partial charge in [0.25, 0.3) is 0 Å². The summed E-state index contributed by atoms with van der Waals surface area (Å²) in [6, 6.07) is 8.29. The predicted octanol–water partition coefficient (Wildman–Crippen LogP) is 1.93. The first kappa shape index (κ1) is 13.0. The monoisotopic (exact) mass is 277 g/mol. The molecular weight excluding hydrogens is 258 g/mol. The number of benzene rings is 1. The Morgan fingerprint density at radius 1 is 1.32 bits per heavy atom. The van der Waals surface area contributed by atoms with Crippen LogP contribution in [-0.2, 0) is 11.2 Å². The Kier molecular flexibility index (Phi) is 3.80. The van der Waals surface area contributed by atoms with Crippen LogP contribution in [-0.4, -0.2) is 40.9 Å². The van der Waals surface area contributed by atoms with Crippen LogP contribution in [0.2, 0.25) is 0 Å². The Hall–Kier alpha value is -1.00. The largest absolute Gasteiger partial charge is 0.396 e. The maximum absolute atomic E-state index is 12.5. The lowest BCUT2D eigenvalue weighted by atomic mass is 9.97. The van der Waals surface area contributed by atoms with Gasteiger partial charge >= 0.3 is 0 Å². The van der Waals surface area contributed by atoms with E-state index in [4.69, 9.17) is 5.11 Å². The van der Waals surface area contributed by atoms with Crippen molar-refractivity contribution >= 4 is 17.7 Å². The van der Waals surface area contributed by atoms with Crippen molar-refractivity contribution in [2.24, 2.45) is 5.92 Å². The number of amides is 1. The summed E-state index contributed by atoms with van der Waals surface area (Å²) in [7, 11) is 0. The van der Waals surface area contributed by atoms with Crippen LogP contribution in [0.5, 0.6) is 0 Å². The van der Waals surface area contributed by atoms with Crippen LogP contribution >= 0.6 is 11.8 Å². The lowest BCUT2D eigenvalue weighted by molar-refractivity contribution is -0.132. The molecular formula is C15H19NO2S. The molecule has 1 N–H and O–H groups in total. The summed E-state index contributed by atoms with van der Waals surface area (Å²) in [5.41, 5.74) is 1.30. The second-order valence-corrected chi connectivity index (χ2v) is 6.61. The number of piperidine rings is 1. The van der Waals surface area contributed by atoms with Crippen molar-refractivity contribution in [2.45, 2.75) is 29.4 Å². The number of carbonyl (C=O) groups is 1. The van der Waals surface area contributed by atoms with Gasteiger partial charge in [0.05, 0.1) is 5.25 Å². The van der Waals surface area contributed by atoms with Crippen LogP contribution in [0.4, 0.5) is 0 Å². The number of aliphatic hydroxyl groups excluding tert-OH is 1. The quantitative estimate of drug-likeness (QED) is 0.898. The third kappa shape index (κ3) is 2.65. The summed E-state index contributed by atoms with van der Waals surface area (Å²) in [6.07, 6.45) is 2.73. The van der Waals surface area contributed by atoms with E-state index in [1.165, 1.54) is 10.5 Å². The summed E-state index contributed by atoms with van der Waals surface area (Å²) < 4.78 is 0.